The Balaban J connectivity index is 2.51. The summed E-state index contributed by atoms with van der Waals surface area (Å²) >= 11 is 0. The van der Waals surface area contributed by atoms with Gasteiger partial charge in [-0.05, 0) is 42.3 Å². The van der Waals surface area contributed by atoms with Gasteiger partial charge in [0.25, 0.3) is 5.69 Å². The second-order valence-corrected chi connectivity index (χ2v) is 8.00. The molecular formula is C19H24N4O5S. The van der Waals surface area contributed by atoms with Gasteiger partial charge in [0.05, 0.1) is 16.3 Å². The van der Waals surface area contributed by atoms with Gasteiger partial charge in [-0.3, -0.25) is 15.5 Å². The number of hydrazone groups is 1. The number of non-ortho nitro benzene ring substituents is 1. The summed E-state index contributed by atoms with van der Waals surface area (Å²) in [6.07, 6.45) is 0.545. The average molecular weight is 420 g/mol. The average Bonchev–Trinajstić information content (AvgIpc) is 2.70. The molecule has 0 saturated heterocycles. The molecule has 0 aliphatic rings. The Bertz CT molecular complexity index is 1000. The predicted octanol–water partition coefficient (Wildman–Crippen LogP) is 3.56. The number of aromatic hydroxyl groups is 1. The van der Waals surface area contributed by atoms with Gasteiger partial charge in [-0.25, -0.2) is 8.42 Å². The molecule has 2 N–H and O–H groups in total. The lowest BCUT2D eigenvalue weighted by Crippen LogP contribution is -2.31. The number of nitro benzene ring substituents is 1. The number of nitrogens with one attached hydrogen (secondary N) is 1. The van der Waals surface area contributed by atoms with Crippen molar-refractivity contribution in [3.63, 3.8) is 0 Å². The third-order valence-electron chi connectivity index (χ3n) is 4.35. The van der Waals surface area contributed by atoms with E-state index in [0.717, 1.165) is 11.6 Å². The van der Waals surface area contributed by atoms with Gasteiger partial charge in [0.2, 0.25) is 10.0 Å². The fourth-order valence-corrected chi connectivity index (χ4v) is 4.38. The van der Waals surface area contributed by atoms with Crippen LogP contribution in [0, 0.1) is 10.1 Å². The van der Waals surface area contributed by atoms with Crippen molar-refractivity contribution in [3.05, 3.63) is 58.1 Å². The second-order valence-electron chi connectivity index (χ2n) is 6.10. The van der Waals surface area contributed by atoms with E-state index < -0.39 is 14.9 Å². The fourth-order valence-electron chi connectivity index (χ4n) is 2.76. The van der Waals surface area contributed by atoms with E-state index in [-0.39, 0.29) is 35.1 Å². The van der Waals surface area contributed by atoms with Crippen LogP contribution in [-0.4, -0.2) is 41.6 Å². The highest BCUT2D eigenvalue weighted by Crippen LogP contribution is 2.29. The summed E-state index contributed by atoms with van der Waals surface area (Å²) in [6.45, 7) is 5.75. The first-order valence-electron chi connectivity index (χ1n) is 9.15. The molecule has 0 heterocycles. The number of anilines is 1. The molecule has 0 fully saturated rings. The number of benzene rings is 2. The summed E-state index contributed by atoms with van der Waals surface area (Å²) in [5.74, 6) is 0.125. The van der Waals surface area contributed by atoms with Crippen LogP contribution in [0.3, 0.4) is 0 Å². The molecule has 156 valence electrons. The highest BCUT2D eigenvalue weighted by atomic mass is 32.2. The topological polar surface area (TPSA) is 125 Å². The molecule has 9 nitrogen and oxygen atoms in total. The number of nitrogens with zero attached hydrogens (tertiary/aromatic N) is 3. The zero-order valence-corrected chi connectivity index (χ0v) is 17.3. The Kier molecular flexibility index (Phi) is 7.29. The number of phenols is 1. The lowest BCUT2D eigenvalue weighted by Gasteiger charge is -2.20. The second kappa shape index (κ2) is 9.48. The van der Waals surface area contributed by atoms with Crippen LogP contribution in [0.5, 0.6) is 5.75 Å². The van der Waals surface area contributed by atoms with Crippen LogP contribution in [0.4, 0.5) is 11.4 Å². The van der Waals surface area contributed by atoms with Crippen molar-refractivity contribution in [2.24, 2.45) is 5.10 Å². The van der Waals surface area contributed by atoms with E-state index in [0.29, 0.717) is 12.1 Å². The first-order valence-corrected chi connectivity index (χ1v) is 10.6. The van der Waals surface area contributed by atoms with Crippen LogP contribution in [0.25, 0.3) is 0 Å². The van der Waals surface area contributed by atoms with Crippen LogP contribution in [0.2, 0.25) is 0 Å². The highest BCUT2D eigenvalue weighted by Gasteiger charge is 2.27. The van der Waals surface area contributed by atoms with E-state index in [4.69, 9.17) is 0 Å². The Morgan fingerprint density at radius 2 is 1.76 bits per heavy atom. The van der Waals surface area contributed by atoms with E-state index in [2.05, 4.69) is 10.5 Å². The van der Waals surface area contributed by atoms with Crippen molar-refractivity contribution in [3.8, 4) is 5.75 Å². The van der Waals surface area contributed by atoms with Crippen molar-refractivity contribution in [1.82, 2.24) is 4.31 Å². The molecule has 29 heavy (non-hydrogen) atoms. The highest BCUT2D eigenvalue weighted by molar-refractivity contribution is 7.89. The molecule has 10 heteroatoms. The smallest absolute Gasteiger partial charge is 0.270 e. The molecular weight excluding hydrogens is 396 g/mol. The maximum atomic E-state index is 13.0. The first kappa shape index (κ1) is 22.3. The van der Waals surface area contributed by atoms with Crippen molar-refractivity contribution in [2.75, 3.05) is 18.5 Å². The SMILES string of the molecule is CC/C(=N\Nc1ccc([N+](=O)[O-])cc1S(=O)(=O)N(CC)CC)c1ccc(O)cc1. The van der Waals surface area contributed by atoms with Crippen molar-refractivity contribution in [2.45, 2.75) is 32.1 Å². The predicted molar refractivity (Wildman–Crippen MR) is 112 cm³/mol. The Morgan fingerprint density at radius 1 is 1.14 bits per heavy atom. The van der Waals surface area contributed by atoms with Gasteiger partial charge in [0.15, 0.2) is 0 Å². The van der Waals surface area contributed by atoms with Crippen LogP contribution >= 0.6 is 0 Å². The van der Waals surface area contributed by atoms with Gasteiger partial charge in [0, 0.05) is 25.2 Å². The molecule has 0 saturated carbocycles. The number of nitro groups is 1. The molecule has 2 rings (SSSR count). The van der Waals surface area contributed by atoms with E-state index in [1.807, 2.05) is 6.92 Å². The van der Waals surface area contributed by atoms with Crippen LogP contribution < -0.4 is 5.43 Å². The minimum absolute atomic E-state index is 0.125. The summed E-state index contributed by atoms with van der Waals surface area (Å²) in [7, 11) is -3.95. The normalized spacial score (nSPS) is 12.2. The van der Waals surface area contributed by atoms with Crippen LogP contribution in [0.15, 0.2) is 52.5 Å². The van der Waals surface area contributed by atoms with Crippen molar-refractivity contribution < 1.29 is 18.4 Å². The summed E-state index contributed by atoms with van der Waals surface area (Å²) < 4.78 is 27.2. The summed E-state index contributed by atoms with van der Waals surface area (Å²) in [5.41, 5.74) is 3.97. The molecule has 0 atom stereocenters. The number of phenolic OH excluding ortho intramolecular Hbond substituents is 1. The van der Waals surface area contributed by atoms with E-state index in [1.54, 1.807) is 26.0 Å². The van der Waals surface area contributed by atoms with Gasteiger partial charge in [-0.1, -0.05) is 20.8 Å². The quantitative estimate of drug-likeness (QED) is 0.363. The molecule has 0 spiro atoms. The standard InChI is InChI=1S/C19H24N4O5S/c1-4-17(14-7-10-16(24)11-8-14)20-21-18-12-9-15(23(25)26)13-19(18)29(27,28)22(5-2)6-3/h7-13,21,24H,4-6H2,1-3H3/b20-17+. The lowest BCUT2D eigenvalue weighted by atomic mass is 10.1. The number of hydrogen-bond acceptors (Lipinski definition) is 7. The summed E-state index contributed by atoms with van der Waals surface area (Å²) in [5, 5.41) is 24.9. The third-order valence-corrected chi connectivity index (χ3v) is 6.44. The Hall–Kier alpha value is -2.98. The molecule has 2 aromatic rings. The fraction of sp³-hybridized carbons (Fsp3) is 0.316. The number of hydrogen-bond donors (Lipinski definition) is 2. The van der Waals surface area contributed by atoms with E-state index in [9.17, 15) is 23.6 Å². The largest absolute Gasteiger partial charge is 0.508 e. The Morgan fingerprint density at radius 3 is 2.28 bits per heavy atom. The van der Waals surface area contributed by atoms with Gasteiger partial charge in [-0.2, -0.15) is 9.41 Å². The molecule has 0 bridgehead atoms. The van der Waals surface area contributed by atoms with Gasteiger partial charge >= 0.3 is 0 Å². The molecule has 0 unspecified atom stereocenters. The van der Waals surface area contributed by atoms with E-state index in [1.165, 1.54) is 28.6 Å². The van der Waals surface area contributed by atoms with Gasteiger partial charge in [-0.15, -0.1) is 0 Å². The summed E-state index contributed by atoms with van der Waals surface area (Å²) in [4.78, 5) is 10.3. The van der Waals surface area contributed by atoms with Crippen LogP contribution in [-0.2, 0) is 10.0 Å². The number of sulfonamides is 1. The number of rotatable bonds is 9. The maximum Gasteiger partial charge on any atom is 0.270 e. The lowest BCUT2D eigenvalue weighted by molar-refractivity contribution is -0.385. The minimum atomic E-state index is -3.95. The monoisotopic (exact) mass is 420 g/mol. The molecule has 0 aliphatic carbocycles. The first-order chi connectivity index (χ1) is 13.7. The van der Waals surface area contributed by atoms with Gasteiger partial charge in [0.1, 0.15) is 10.6 Å². The molecule has 0 aromatic heterocycles. The zero-order chi connectivity index (χ0) is 21.6. The molecule has 2 aromatic carbocycles. The van der Waals surface area contributed by atoms with Crippen LogP contribution in [0.1, 0.15) is 32.8 Å². The van der Waals surface area contributed by atoms with Crippen molar-refractivity contribution >= 4 is 27.1 Å². The third kappa shape index (κ3) is 5.09. The molecule has 0 amide bonds. The minimum Gasteiger partial charge on any atom is -0.508 e. The summed E-state index contributed by atoms with van der Waals surface area (Å²) in [6, 6.07) is 10.1. The van der Waals surface area contributed by atoms with Gasteiger partial charge < -0.3 is 5.11 Å². The van der Waals surface area contributed by atoms with Crippen molar-refractivity contribution in [1.29, 1.82) is 0 Å². The molecule has 0 radical (unpaired) electrons. The zero-order valence-electron chi connectivity index (χ0n) is 16.5. The molecule has 0 aliphatic heterocycles. The Labute approximate surface area is 169 Å². The van der Waals surface area contributed by atoms with E-state index >= 15 is 0 Å². The maximum absolute atomic E-state index is 13.0.